The molecule has 0 amide bonds. The minimum atomic E-state index is -1.65. The van der Waals surface area contributed by atoms with Crippen LogP contribution in [-0.4, -0.2) is 16.0 Å². The Kier molecular flexibility index (Phi) is 16.0. The van der Waals surface area contributed by atoms with Gasteiger partial charge in [-0.1, -0.05) is 147 Å². The molecule has 0 aliphatic rings. The van der Waals surface area contributed by atoms with Crippen molar-refractivity contribution in [2.75, 3.05) is 0 Å². The van der Waals surface area contributed by atoms with Gasteiger partial charge in [-0.05, 0) is 31.7 Å². The predicted octanol–water partition coefficient (Wildman–Crippen LogP) is 8.98. The Morgan fingerprint density at radius 3 is 1.31 bits per heavy atom. The van der Waals surface area contributed by atoms with Gasteiger partial charge in [-0.3, -0.25) is 0 Å². The molecule has 0 aromatic heterocycles. The molecule has 32 heavy (non-hydrogen) atoms. The molecule has 2 heteroatoms. The molecule has 0 bridgehead atoms. The molecule has 2 nitrogen and oxygen atoms in total. The number of aliphatic hydroxyl groups is 2. The molecular formula is C30H54O2. The molecule has 0 radical (unpaired) electrons. The highest BCUT2D eigenvalue weighted by Gasteiger charge is 2.44. The van der Waals surface area contributed by atoms with Crippen LogP contribution >= 0.6 is 0 Å². The van der Waals surface area contributed by atoms with Gasteiger partial charge in [0, 0.05) is 5.41 Å². The second-order valence-electron chi connectivity index (χ2n) is 10.4. The highest BCUT2D eigenvalue weighted by molar-refractivity contribution is 5.17. The van der Waals surface area contributed by atoms with E-state index in [9.17, 15) is 10.2 Å². The van der Waals surface area contributed by atoms with Crippen molar-refractivity contribution >= 4 is 0 Å². The molecule has 0 spiro atoms. The SMILES string of the molecule is CCCCCCCCCCC(CCCCCCCCCC)(Cc1ccccc1)C(C)(O)O. The number of hydrogen-bond donors (Lipinski definition) is 2. The largest absolute Gasteiger partial charge is 0.365 e. The summed E-state index contributed by atoms with van der Waals surface area (Å²) in [5.74, 6) is -1.65. The van der Waals surface area contributed by atoms with Gasteiger partial charge in [0.15, 0.2) is 5.79 Å². The van der Waals surface area contributed by atoms with Crippen molar-refractivity contribution < 1.29 is 10.2 Å². The quantitative estimate of drug-likeness (QED) is 0.146. The van der Waals surface area contributed by atoms with Crippen LogP contribution in [0.1, 0.15) is 142 Å². The van der Waals surface area contributed by atoms with Gasteiger partial charge in [0.1, 0.15) is 0 Å². The van der Waals surface area contributed by atoms with Gasteiger partial charge < -0.3 is 10.2 Å². The third-order valence-electron chi connectivity index (χ3n) is 7.41. The van der Waals surface area contributed by atoms with Crippen molar-refractivity contribution in [2.45, 2.75) is 149 Å². The van der Waals surface area contributed by atoms with E-state index in [1.807, 2.05) is 6.07 Å². The van der Waals surface area contributed by atoms with Crippen molar-refractivity contribution in [3.8, 4) is 0 Å². The maximum absolute atomic E-state index is 10.9. The lowest BCUT2D eigenvalue weighted by atomic mass is 9.68. The zero-order chi connectivity index (χ0) is 23.5. The van der Waals surface area contributed by atoms with E-state index in [0.717, 1.165) is 32.1 Å². The molecule has 1 aromatic rings. The van der Waals surface area contributed by atoms with Gasteiger partial charge in [0.05, 0.1) is 0 Å². The lowest BCUT2D eigenvalue weighted by Crippen LogP contribution is -2.47. The van der Waals surface area contributed by atoms with Crippen LogP contribution in [0.3, 0.4) is 0 Å². The standard InChI is InChI=1S/C30H54O2/c1-4-6-8-10-12-14-16-21-25-30(29(3,31)32,27-28-23-19-18-20-24-28)26-22-17-15-13-11-9-7-5-2/h18-20,23-24,31-32H,4-17,21-22,25-27H2,1-3H3. The highest BCUT2D eigenvalue weighted by atomic mass is 16.5. The molecule has 186 valence electrons. The third-order valence-corrected chi connectivity index (χ3v) is 7.41. The molecule has 0 heterocycles. The van der Waals surface area contributed by atoms with Gasteiger partial charge in [-0.2, -0.15) is 0 Å². The Labute approximate surface area is 200 Å². The summed E-state index contributed by atoms with van der Waals surface area (Å²) in [5, 5.41) is 21.9. The molecule has 0 atom stereocenters. The van der Waals surface area contributed by atoms with Crippen LogP contribution < -0.4 is 0 Å². The number of hydrogen-bond acceptors (Lipinski definition) is 2. The van der Waals surface area contributed by atoms with Crippen LogP contribution in [0.2, 0.25) is 0 Å². The Morgan fingerprint density at radius 2 is 0.938 bits per heavy atom. The highest BCUT2D eigenvalue weighted by Crippen LogP contribution is 2.43. The predicted molar refractivity (Wildman–Crippen MR) is 140 cm³/mol. The van der Waals surface area contributed by atoms with E-state index in [2.05, 4.69) is 38.1 Å². The molecule has 0 unspecified atom stereocenters. The van der Waals surface area contributed by atoms with Gasteiger partial charge in [0.2, 0.25) is 0 Å². The average molecular weight is 447 g/mol. The van der Waals surface area contributed by atoms with Gasteiger partial charge in [0.25, 0.3) is 0 Å². The summed E-state index contributed by atoms with van der Waals surface area (Å²) in [6.07, 6.45) is 23.0. The van der Waals surface area contributed by atoms with Crippen molar-refractivity contribution in [1.82, 2.24) is 0 Å². The van der Waals surface area contributed by atoms with Crippen LogP contribution in [0, 0.1) is 5.41 Å². The summed E-state index contributed by atoms with van der Waals surface area (Å²) in [4.78, 5) is 0. The normalized spacial score (nSPS) is 12.4. The zero-order valence-electron chi connectivity index (χ0n) is 21.7. The second-order valence-corrected chi connectivity index (χ2v) is 10.4. The number of rotatable bonds is 21. The van der Waals surface area contributed by atoms with E-state index in [-0.39, 0.29) is 0 Å². The van der Waals surface area contributed by atoms with Crippen LogP contribution in [0.4, 0.5) is 0 Å². The summed E-state index contributed by atoms with van der Waals surface area (Å²) in [6.45, 7) is 6.16. The van der Waals surface area contributed by atoms with Crippen LogP contribution in [0.5, 0.6) is 0 Å². The van der Waals surface area contributed by atoms with Gasteiger partial charge >= 0.3 is 0 Å². The van der Waals surface area contributed by atoms with E-state index in [1.54, 1.807) is 6.92 Å². The first-order valence-corrected chi connectivity index (χ1v) is 13.9. The number of benzene rings is 1. The summed E-state index contributed by atoms with van der Waals surface area (Å²) in [6, 6.07) is 10.5. The Morgan fingerprint density at radius 1 is 0.562 bits per heavy atom. The Balaban J connectivity index is 2.61. The van der Waals surface area contributed by atoms with E-state index >= 15 is 0 Å². The maximum atomic E-state index is 10.9. The Bertz CT molecular complexity index is 512. The second kappa shape index (κ2) is 17.6. The molecule has 0 saturated carbocycles. The minimum absolute atomic E-state index is 0.460. The molecule has 1 rings (SSSR count). The topological polar surface area (TPSA) is 40.5 Å². The maximum Gasteiger partial charge on any atom is 0.165 e. The monoisotopic (exact) mass is 446 g/mol. The van der Waals surface area contributed by atoms with Crippen LogP contribution in [0.25, 0.3) is 0 Å². The fourth-order valence-electron chi connectivity index (χ4n) is 5.12. The summed E-state index contributed by atoms with van der Waals surface area (Å²) >= 11 is 0. The van der Waals surface area contributed by atoms with Crippen LogP contribution in [0.15, 0.2) is 30.3 Å². The Hall–Kier alpha value is -0.860. The van der Waals surface area contributed by atoms with Crippen molar-refractivity contribution in [3.05, 3.63) is 35.9 Å². The van der Waals surface area contributed by atoms with E-state index in [1.165, 1.54) is 95.5 Å². The van der Waals surface area contributed by atoms with Crippen molar-refractivity contribution in [2.24, 2.45) is 5.41 Å². The van der Waals surface area contributed by atoms with E-state index < -0.39 is 11.2 Å². The zero-order valence-corrected chi connectivity index (χ0v) is 21.7. The van der Waals surface area contributed by atoms with Crippen LogP contribution in [-0.2, 0) is 6.42 Å². The smallest absolute Gasteiger partial charge is 0.165 e. The minimum Gasteiger partial charge on any atom is -0.365 e. The molecular weight excluding hydrogens is 392 g/mol. The first kappa shape index (κ1) is 29.2. The molecule has 0 saturated heterocycles. The van der Waals surface area contributed by atoms with Crippen molar-refractivity contribution in [1.29, 1.82) is 0 Å². The molecule has 0 aliphatic carbocycles. The van der Waals surface area contributed by atoms with Crippen molar-refractivity contribution in [3.63, 3.8) is 0 Å². The first-order valence-electron chi connectivity index (χ1n) is 13.9. The molecule has 1 aromatic carbocycles. The lowest BCUT2D eigenvalue weighted by Gasteiger charge is -2.43. The molecule has 2 N–H and O–H groups in total. The summed E-state index contributed by atoms with van der Waals surface area (Å²) in [5.41, 5.74) is 0.764. The van der Waals surface area contributed by atoms with Gasteiger partial charge in [-0.15, -0.1) is 0 Å². The third kappa shape index (κ3) is 12.4. The van der Waals surface area contributed by atoms with Gasteiger partial charge in [-0.25, -0.2) is 0 Å². The number of unbranched alkanes of at least 4 members (excludes halogenated alkanes) is 14. The fourth-order valence-corrected chi connectivity index (χ4v) is 5.12. The van der Waals surface area contributed by atoms with E-state index in [4.69, 9.17) is 0 Å². The molecule has 0 aliphatic heterocycles. The first-order chi connectivity index (χ1) is 15.4. The summed E-state index contributed by atoms with van der Waals surface area (Å²) in [7, 11) is 0. The molecule has 0 fully saturated rings. The fraction of sp³-hybridized carbons (Fsp3) is 0.800. The van der Waals surface area contributed by atoms with E-state index in [0.29, 0.717) is 0 Å². The average Bonchev–Trinajstić information content (AvgIpc) is 2.77. The lowest BCUT2D eigenvalue weighted by molar-refractivity contribution is -0.236. The summed E-state index contributed by atoms with van der Waals surface area (Å²) < 4.78 is 0.